The van der Waals surface area contributed by atoms with Crippen LogP contribution in [0.25, 0.3) is 0 Å². The number of hydrogen-bond acceptors (Lipinski definition) is 2. The molecule has 2 nitrogen and oxygen atoms in total. The molecule has 13 heavy (non-hydrogen) atoms. The summed E-state index contributed by atoms with van der Waals surface area (Å²) >= 11 is 0. The van der Waals surface area contributed by atoms with Crippen LogP contribution in [0.2, 0.25) is 0 Å². The molecule has 0 aliphatic heterocycles. The number of ether oxygens (including phenoxy) is 1. The Morgan fingerprint density at radius 3 is 2.62 bits per heavy atom. The van der Waals surface area contributed by atoms with E-state index in [1.54, 1.807) is 7.11 Å². The van der Waals surface area contributed by atoms with Gasteiger partial charge in [0, 0.05) is 13.0 Å². The number of benzene rings is 1. The predicted octanol–water partition coefficient (Wildman–Crippen LogP) is 1.51. The molecule has 0 bridgehead atoms. The average Bonchev–Trinajstić information content (AvgIpc) is 2.94. The van der Waals surface area contributed by atoms with Gasteiger partial charge in [-0.05, 0) is 18.5 Å². The van der Waals surface area contributed by atoms with E-state index < -0.39 is 0 Å². The van der Waals surface area contributed by atoms with Crippen molar-refractivity contribution in [3.05, 3.63) is 35.9 Å². The molecule has 0 heterocycles. The summed E-state index contributed by atoms with van der Waals surface area (Å²) in [6.07, 6.45) is 1.06. The largest absolute Gasteiger partial charge is 0.373 e. The van der Waals surface area contributed by atoms with Crippen LogP contribution in [-0.2, 0) is 10.3 Å². The van der Waals surface area contributed by atoms with Gasteiger partial charge in [0.25, 0.3) is 0 Å². The van der Waals surface area contributed by atoms with E-state index in [0.717, 1.165) is 6.42 Å². The highest BCUT2D eigenvalue weighted by molar-refractivity contribution is 5.30. The van der Waals surface area contributed by atoms with Gasteiger partial charge in [-0.15, -0.1) is 0 Å². The molecule has 0 spiro atoms. The molecule has 1 aromatic rings. The van der Waals surface area contributed by atoms with E-state index in [1.165, 1.54) is 5.56 Å². The average molecular weight is 177 g/mol. The SMILES string of the molecule is COC1(c2ccccc2)CC1CN. The fourth-order valence-electron chi connectivity index (χ4n) is 2.02. The predicted molar refractivity (Wildman–Crippen MR) is 52.3 cm³/mol. The van der Waals surface area contributed by atoms with Gasteiger partial charge in [-0.1, -0.05) is 30.3 Å². The van der Waals surface area contributed by atoms with Crippen LogP contribution in [0.15, 0.2) is 30.3 Å². The van der Waals surface area contributed by atoms with Crippen molar-refractivity contribution >= 4 is 0 Å². The van der Waals surface area contributed by atoms with E-state index in [1.807, 2.05) is 18.2 Å². The standard InChI is InChI=1S/C11H15NO/c1-13-11(7-10(11)8-12)9-5-3-2-4-6-9/h2-6,10H,7-8,12H2,1H3. The van der Waals surface area contributed by atoms with E-state index in [-0.39, 0.29) is 5.60 Å². The van der Waals surface area contributed by atoms with Crippen LogP contribution < -0.4 is 5.73 Å². The first-order valence-electron chi connectivity index (χ1n) is 4.64. The summed E-state index contributed by atoms with van der Waals surface area (Å²) in [7, 11) is 1.77. The van der Waals surface area contributed by atoms with E-state index in [9.17, 15) is 0 Å². The van der Waals surface area contributed by atoms with E-state index in [2.05, 4.69) is 12.1 Å². The topological polar surface area (TPSA) is 35.2 Å². The van der Waals surface area contributed by atoms with Crippen molar-refractivity contribution in [3.8, 4) is 0 Å². The summed E-state index contributed by atoms with van der Waals surface area (Å²) in [5, 5.41) is 0. The molecule has 0 amide bonds. The maximum absolute atomic E-state index is 5.64. The molecule has 0 aromatic heterocycles. The zero-order chi connectivity index (χ0) is 9.31. The summed E-state index contributed by atoms with van der Waals surface area (Å²) in [4.78, 5) is 0. The van der Waals surface area contributed by atoms with Gasteiger partial charge in [0.1, 0.15) is 0 Å². The Kier molecular flexibility index (Phi) is 2.10. The molecule has 2 atom stereocenters. The first-order valence-corrected chi connectivity index (χ1v) is 4.64. The Bertz CT molecular complexity index is 285. The van der Waals surface area contributed by atoms with Crippen LogP contribution in [-0.4, -0.2) is 13.7 Å². The second kappa shape index (κ2) is 3.13. The molecule has 1 aromatic carbocycles. The Hall–Kier alpha value is -0.860. The van der Waals surface area contributed by atoms with E-state index in [4.69, 9.17) is 10.5 Å². The van der Waals surface area contributed by atoms with Crippen molar-refractivity contribution in [2.45, 2.75) is 12.0 Å². The Balaban J connectivity index is 2.25. The minimum Gasteiger partial charge on any atom is -0.373 e. The molecule has 0 radical (unpaired) electrons. The molecule has 1 saturated carbocycles. The lowest BCUT2D eigenvalue weighted by Gasteiger charge is -2.15. The maximum atomic E-state index is 5.64. The van der Waals surface area contributed by atoms with Gasteiger partial charge in [0.15, 0.2) is 0 Å². The molecule has 2 N–H and O–H groups in total. The molecule has 2 heteroatoms. The fraction of sp³-hybridized carbons (Fsp3) is 0.455. The van der Waals surface area contributed by atoms with E-state index in [0.29, 0.717) is 12.5 Å². The second-order valence-electron chi connectivity index (χ2n) is 3.60. The van der Waals surface area contributed by atoms with Gasteiger partial charge in [-0.2, -0.15) is 0 Å². The highest BCUT2D eigenvalue weighted by Gasteiger charge is 2.55. The van der Waals surface area contributed by atoms with Crippen LogP contribution in [0.4, 0.5) is 0 Å². The summed E-state index contributed by atoms with van der Waals surface area (Å²) in [6, 6.07) is 10.3. The summed E-state index contributed by atoms with van der Waals surface area (Å²) in [5.74, 6) is 0.500. The van der Waals surface area contributed by atoms with Crippen molar-refractivity contribution in [1.29, 1.82) is 0 Å². The lowest BCUT2D eigenvalue weighted by atomic mass is 10.1. The first kappa shape index (κ1) is 8.73. The van der Waals surface area contributed by atoms with Crippen molar-refractivity contribution in [2.75, 3.05) is 13.7 Å². The molecular formula is C11H15NO. The highest BCUT2D eigenvalue weighted by atomic mass is 16.5. The lowest BCUT2D eigenvalue weighted by molar-refractivity contribution is 0.0645. The number of rotatable bonds is 3. The minimum atomic E-state index is -0.0734. The monoisotopic (exact) mass is 177 g/mol. The number of nitrogens with two attached hydrogens (primary N) is 1. The van der Waals surface area contributed by atoms with Gasteiger partial charge >= 0.3 is 0 Å². The highest BCUT2D eigenvalue weighted by Crippen LogP contribution is 2.53. The first-order chi connectivity index (χ1) is 6.33. The van der Waals surface area contributed by atoms with Gasteiger partial charge in [0.05, 0.1) is 5.60 Å². The molecular weight excluding hydrogens is 162 g/mol. The third kappa shape index (κ3) is 1.26. The third-order valence-corrected chi connectivity index (χ3v) is 2.96. The maximum Gasteiger partial charge on any atom is 0.0973 e. The molecule has 2 unspecified atom stereocenters. The minimum absolute atomic E-state index is 0.0734. The normalized spacial score (nSPS) is 31.7. The zero-order valence-electron chi connectivity index (χ0n) is 7.86. The van der Waals surface area contributed by atoms with Crippen molar-refractivity contribution in [3.63, 3.8) is 0 Å². The Labute approximate surface area is 78.7 Å². The van der Waals surface area contributed by atoms with Gasteiger partial charge in [0.2, 0.25) is 0 Å². The Morgan fingerprint density at radius 1 is 1.46 bits per heavy atom. The molecule has 1 aliphatic rings. The molecule has 1 fully saturated rings. The van der Waals surface area contributed by atoms with Gasteiger partial charge in [-0.25, -0.2) is 0 Å². The van der Waals surface area contributed by atoms with Crippen molar-refractivity contribution in [2.24, 2.45) is 11.7 Å². The van der Waals surface area contributed by atoms with Crippen LogP contribution in [0, 0.1) is 5.92 Å². The van der Waals surface area contributed by atoms with Crippen molar-refractivity contribution < 1.29 is 4.74 Å². The number of hydrogen-bond donors (Lipinski definition) is 1. The molecule has 1 aliphatic carbocycles. The number of methoxy groups -OCH3 is 1. The van der Waals surface area contributed by atoms with Gasteiger partial charge in [-0.3, -0.25) is 0 Å². The van der Waals surface area contributed by atoms with Crippen LogP contribution in [0.1, 0.15) is 12.0 Å². The zero-order valence-corrected chi connectivity index (χ0v) is 7.86. The van der Waals surface area contributed by atoms with Crippen LogP contribution in [0.3, 0.4) is 0 Å². The summed E-state index contributed by atoms with van der Waals surface area (Å²) in [6.45, 7) is 0.711. The van der Waals surface area contributed by atoms with Crippen LogP contribution >= 0.6 is 0 Å². The van der Waals surface area contributed by atoms with Crippen LogP contribution in [0.5, 0.6) is 0 Å². The quantitative estimate of drug-likeness (QED) is 0.759. The molecule has 2 rings (SSSR count). The Morgan fingerprint density at radius 2 is 2.15 bits per heavy atom. The summed E-state index contributed by atoms with van der Waals surface area (Å²) < 4.78 is 5.56. The second-order valence-corrected chi connectivity index (χ2v) is 3.60. The lowest BCUT2D eigenvalue weighted by Crippen LogP contribution is -2.17. The summed E-state index contributed by atoms with van der Waals surface area (Å²) in [5.41, 5.74) is 6.83. The van der Waals surface area contributed by atoms with Gasteiger partial charge < -0.3 is 10.5 Å². The third-order valence-electron chi connectivity index (χ3n) is 2.96. The fourth-order valence-corrected chi connectivity index (χ4v) is 2.02. The molecule has 70 valence electrons. The van der Waals surface area contributed by atoms with Crippen molar-refractivity contribution in [1.82, 2.24) is 0 Å². The molecule has 0 saturated heterocycles. The van der Waals surface area contributed by atoms with E-state index >= 15 is 0 Å². The smallest absolute Gasteiger partial charge is 0.0973 e.